The maximum atomic E-state index is 12.3. The van der Waals surface area contributed by atoms with Crippen molar-refractivity contribution >= 4 is 34.8 Å². The first-order valence-electron chi connectivity index (χ1n) is 7.75. The van der Waals surface area contributed by atoms with Crippen molar-refractivity contribution in [2.75, 3.05) is 10.6 Å². The number of rotatable bonds is 4. The van der Waals surface area contributed by atoms with Crippen LogP contribution in [0.1, 0.15) is 21.5 Å². The molecule has 25 heavy (non-hydrogen) atoms. The summed E-state index contributed by atoms with van der Waals surface area (Å²) in [6.45, 7) is 3.87. The summed E-state index contributed by atoms with van der Waals surface area (Å²) in [6.07, 6.45) is 2.97. The minimum absolute atomic E-state index is 0.251. The molecular weight excluding hydrogens is 336 g/mol. The van der Waals surface area contributed by atoms with Crippen LogP contribution < -0.4 is 10.6 Å². The predicted octanol–water partition coefficient (Wildman–Crippen LogP) is 4.74. The standard InChI is InChI=1S/C19H17ClN4O/c1-12-7-8-15(9-16(12)20)23-19-21-10-14(11-22-19)18(25)24-17-6-4-3-5-13(17)2/h3-11H,1-2H3,(H,24,25)(H,21,22,23). The lowest BCUT2D eigenvalue weighted by molar-refractivity contribution is 0.102. The van der Waals surface area contributed by atoms with Gasteiger partial charge in [0.1, 0.15) is 0 Å². The van der Waals surface area contributed by atoms with Crippen molar-refractivity contribution in [3.8, 4) is 0 Å². The molecular formula is C19H17ClN4O. The summed E-state index contributed by atoms with van der Waals surface area (Å²) in [5.41, 5.74) is 3.93. The minimum Gasteiger partial charge on any atom is -0.324 e. The number of nitrogens with zero attached hydrogens (tertiary/aromatic N) is 2. The molecule has 126 valence electrons. The highest BCUT2D eigenvalue weighted by atomic mass is 35.5. The van der Waals surface area contributed by atoms with Crippen LogP contribution in [-0.4, -0.2) is 15.9 Å². The van der Waals surface area contributed by atoms with E-state index < -0.39 is 0 Å². The van der Waals surface area contributed by atoms with Crippen molar-refractivity contribution in [1.29, 1.82) is 0 Å². The van der Waals surface area contributed by atoms with Gasteiger partial charge in [-0.15, -0.1) is 0 Å². The molecule has 0 aliphatic heterocycles. The Labute approximate surface area is 151 Å². The quantitative estimate of drug-likeness (QED) is 0.711. The molecule has 0 aliphatic carbocycles. The lowest BCUT2D eigenvalue weighted by atomic mass is 10.2. The molecule has 1 aromatic heterocycles. The van der Waals surface area contributed by atoms with Gasteiger partial charge in [0, 0.05) is 28.8 Å². The van der Waals surface area contributed by atoms with E-state index in [1.807, 2.05) is 50.2 Å². The van der Waals surface area contributed by atoms with E-state index in [-0.39, 0.29) is 5.91 Å². The molecule has 0 spiro atoms. The highest BCUT2D eigenvalue weighted by molar-refractivity contribution is 6.31. The topological polar surface area (TPSA) is 66.9 Å². The molecule has 5 nitrogen and oxygen atoms in total. The van der Waals surface area contributed by atoms with E-state index in [0.717, 1.165) is 22.5 Å². The first-order valence-corrected chi connectivity index (χ1v) is 8.13. The van der Waals surface area contributed by atoms with Gasteiger partial charge in [-0.1, -0.05) is 35.9 Å². The van der Waals surface area contributed by atoms with Crippen LogP contribution in [0.4, 0.5) is 17.3 Å². The van der Waals surface area contributed by atoms with Crippen LogP contribution >= 0.6 is 11.6 Å². The molecule has 6 heteroatoms. The third-order valence-corrected chi connectivity index (χ3v) is 4.14. The lowest BCUT2D eigenvalue weighted by Gasteiger charge is -2.09. The molecule has 1 heterocycles. The van der Waals surface area contributed by atoms with Gasteiger partial charge < -0.3 is 10.6 Å². The molecule has 0 saturated carbocycles. The summed E-state index contributed by atoms with van der Waals surface area (Å²) in [5.74, 6) is 0.145. The molecule has 0 atom stereocenters. The van der Waals surface area contributed by atoms with E-state index in [0.29, 0.717) is 16.5 Å². The number of nitrogens with one attached hydrogen (secondary N) is 2. The maximum absolute atomic E-state index is 12.3. The number of aryl methyl sites for hydroxylation is 2. The Kier molecular flexibility index (Phi) is 4.95. The van der Waals surface area contributed by atoms with Crippen molar-refractivity contribution in [2.45, 2.75) is 13.8 Å². The van der Waals surface area contributed by atoms with Gasteiger partial charge in [-0.25, -0.2) is 9.97 Å². The Morgan fingerprint density at radius 3 is 2.40 bits per heavy atom. The van der Waals surface area contributed by atoms with Crippen LogP contribution in [0.2, 0.25) is 5.02 Å². The largest absolute Gasteiger partial charge is 0.324 e. The van der Waals surface area contributed by atoms with Crippen molar-refractivity contribution in [2.24, 2.45) is 0 Å². The maximum Gasteiger partial charge on any atom is 0.258 e. The highest BCUT2D eigenvalue weighted by Crippen LogP contribution is 2.22. The summed E-state index contributed by atoms with van der Waals surface area (Å²) in [7, 11) is 0. The van der Waals surface area contributed by atoms with E-state index in [4.69, 9.17) is 11.6 Å². The SMILES string of the molecule is Cc1ccc(Nc2ncc(C(=O)Nc3ccccc3C)cn2)cc1Cl. The van der Waals surface area contributed by atoms with Crippen LogP contribution in [0.15, 0.2) is 54.9 Å². The van der Waals surface area contributed by atoms with E-state index >= 15 is 0 Å². The molecule has 0 saturated heterocycles. The second-order valence-corrected chi connectivity index (χ2v) is 6.06. The van der Waals surface area contributed by atoms with Crippen molar-refractivity contribution in [3.63, 3.8) is 0 Å². The summed E-state index contributed by atoms with van der Waals surface area (Å²) in [4.78, 5) is 20.7. The van der Waals surface area contributed by atoms with Gasteiger partial charge in [0.2, 0.25) is 5.95 Å². The number of hydrogen-bond donors (Lipinski definition) is 2. The van der Waals surface area contributed by atoms with Crippen LogP contribution in [-0.2, 0) is 0 Å². The molecule has 0 unspecified atom stereocenters. The van der Waals surface area contributed by atoms with Crippen molar-refractivity contribution in [3.05, 3.63) is 76.6 Å². The minimum atomic E-state index is -0.251. The zero-order valence-electron chi connectivity index (χ0n) is 13.9. The Bertz CT molecular complexity index is 910. The van der Waals surface area contributed by atoms with Crippen LogP contribution in [0.3, 0.4) is 0 Å². The average molecular weight is 353 g/mol. The Balaban J connectivity index is 1.70. The van der Waals surface area contributed by atoms with Crippen LogP contribution in [0.5, 0.6) is 0 Å². The second kappa shape index (κ2) is 7.32. The number of aromatic nitrogens is 2. The fourth-order valence-corrected chi connectivity index (χ4v) is 2.40. The summed E-state index contributed by atoms with van der Waals surface area (Å²) >= 11 is 6.10. The van der Waals surface area contributed by atoms with Crippen molar-refractivity contribution < 1.29 is 4.79 Å². The second-order valence-electron chi connectivity index (χ2n) is 5.65. The summed E-state index contributed by atoms with van der Waals surface area (Å²) in [5, 5.41) is 6.58. The number of halogens is 1. The number of anilines is 3. The molecule has 0 radical (unpaired) electrons. The average Bonchev–Trinajstić information content (AvgIpc) is 2.61. The van der Waals surface area contributed by atoms with Crippen molar-refractivity contribution in [1.82, 2.24) is 9.97 Å². The third kappa shape index (κ3) is 4.14. The number of hydrogen-bond acceptors (Lipinski definition) is 4. The van der Waals surface area contributed by atoms with Gasteiger partial charge in [0.05, 0.1) is 5.56 Å². The number of carbonyl (C=O) groups is 1. The summed E-state index contributed by atoms with van der Waals surface area (Å²) < 4.78 is 0. The Hall–Kier alpha value is -2.92. The van der Waals surface area contributed by atoms with Gasteiger partial charge in [-0.2, -0.15) is 0 Å². The molecule has 1 amide bonds. The normalized spacial score (nSPS) is 10.4. The zero-order valence-corrected chi connectivity index (χ0v) is 14.6. The fraction of sp³-hybridized carbons (Fsp3) is 0.105. The van der Waals surface area contributed by atoms with E-state index in [9.17, 15) is 4.79 Å². The molecule has 3 aromatic rings. The predicted molar refractivity (Wildman–Crippen MR) is 101 cm³/mol. The van der Waals surface area contributed by atoms with Gasteiger partial charge in [0.25, 0.3) is 5.91 Å². The molecule has 0 fully saturated rings. The van der Waals surface area contributed by atoms with E-state index in [1.165, 1.54) is 12.4 Å². The molecule has 2 aromatic carbocycles. The van der Waals surface area contributed by atoms with Gasteiger partial charge in [0.15, 0.2) is 0 Å². The fourth-order valence-electron chi connectivity index (χ4n) is 2.22. The molecule has 2 N–H and O–H groups in total. The zero-order chi connectivity index (χ0) is 17.8. The first-order chi connectivity index (χ1) is 12.0. The third-order valence-electron chi connectivity index (χ3n) is 3.74. The summed E-state index contributed by atoms with van der Waals surface area (Å²) in [6, 6.07) is 13.2. The van der Waals surface area contributed by atoms with Gasteiger partial charge >= 0.3 is 0 Å². The number of benzene rings is 2. The van der Waals surface area contributed by atoms with E-state index in [2.05, 4.69) is 20.6 Å². The number of carbonyl (C=O) groups excluding carboxylic acids is 1. The number of amides is 1. The lowest BCUT2D eigenvalue weighted by Crippen LogP contribution is -2.13. The smallest absolute Gasteiger partial charge is 0.258 e. The molecule has 3 rings (SSSR count). The van der Waals surface area contributed by atoms with Crippen LogP contribution in [0.25, 0.3) is 0 Å². The first kappa shape index (κ1) is 16.9. The Morgan fingerprint density at radius 2 is 1.72 bits per heavy atom. The highest BCUT2D eigenvalue weighted by Gasteiger charge is 2.09. The monoisotopic (exact) mass is 352 g/mol. The molecule has 0 aliphatic rings. The van der Waals surface area contributed by atoms with Gasteiger partial charge in [-0.3, -0.25) is 4.79 Å². The number of para-hydroxylation sites is 1. The Morgan fingerprint density at radius 1 is 1.00 bits per heavy atom. The molecule has 0 bridgehead atoms. The van der Waals surface area contributed by atoms with Crippen LogP contribution in [0, 0.1) is 13.8 Å². The van der Waals surface area contributed by atoms with E-state index in [1.54, 1.807) is 6.07 Å². The van der Waals surface area contributed by atoms with Gasteiger partial charge in [-0.05, 0) is 43.2 Å².